The molecule has 4 rings (SSSR count). The molecule has 2 aliphatic rings. The molecule has 2 saturated heterocycles. The number of carbonyl (C=O) groups is 3. The number of benzene rings is 1. The maximum Gasteiger partial charge on any atom is 1.00 e. The first kappa shape index (κ1) is 26.7. The zero-order valence-electron chi connectivity index (χ0n) is 18.7. The number of amides is 1. The molecule has 0 radical (unpaired) electrons. The molecule has 13 heteroatoms. The molecule has 0 saturated carbocycles. The van der Waals surface area contributed by atoms with Gasteiger partial charge in [-0.2, -0.15) is 0 Å². The molecule has 0 bridgehead atoms. The molecule has 11 nitrogen and oxygen atoms in total. The number of rotatable bonds is 6. The Labute approximate surface area is 222 Å². The summed E-state index contributed by atoms with van der Waals surface area (Å²) in [5.74, 6) is -4.32. The van der Waals surface area contributed by atoms with E-state index in [2.05, 4.69) is 4.98 Å². The van der Waals surface area contributed by atoms with Crippen LogP contribution in [0.5, 0.6) is 11.5 Å². The number of hydrogen-bond acceptors (Lipinski definition) is 10. The van der Waals surface area contributed by atoms with E-state index in [0.29, 0.717) is 10.6 Å². The molecule has 3 heterocycles. The number of carbonyl (C=O) groups excluding carboxylic acids is 3. The van der Waals surface area contributed by atoms with Crippen molar-refractivity contribution in [3.8, 4) is 11.5 Å². The number of phenolic OH excluding ortho intramolecular Hbond substituents is 2. The summed E-state index contributed by atoms with van der Waals surface area (Å²) in [5.41, 5.74) is 0.457. The third-order valence-corrected chi connectivity index (χ3v) is 8.63. The fourth-order valence-corrected chi connectivity index (χ4v) is 6.39. The van der Waals surface area contributed by atoms with Gasteiger partial charge in [-0.15, -0.1) is 0 Å². The largest absolute Gasteiger partial charge is 1.00 e. The molecule has 2 fully saturated rings. The maximum absolute atomic E-state index is 13.4. The van der Waals surface area contributed by atoms with Gasteiger partial charge < -0.3 is 29.8 Å². The molecule has 1 amide bonds. The normalized spacial score (nSPS) is 25.3. The van der Waals surface area contributed by atoms with Crippen molar-refractivity contribution in [3.63, 3.8) is 0 Å². The summed E-state index contributed by atoms with van der Waals surface area (Å²) in [6.07, 6.45) is 2.36. The number of phenols is 2. The van der Waals surface area contributed by atoms with Gasteiger partial charge in [0.15, 0.2) is 26.7 Å². The Hall–Kier alpha value is -2.93. The molecular weight excluding hydrogens is 491 g/mol. The molecule has 3 atom stereocenters. The van der Waals surface area contributed by atoms with Crippen molar-refractivity contribution in [1.29, 1.82) is 0 Å². The molecule has 0 aliphatic carbocycles. The maximum atomic E-state index is 13.4. The Morgan fingerprint density at radius 1 is 1.23 bits per heavy atom. The Bertz CT molecular complexity index is 1330. The molecular formula is C22H19N2NaO9S. The van der Waals surface area contributed by atoms with E-state index in [-0.39, 0.29) is 52.9 Å². The van der Waals surface area contributed by atoms with Gasteiger partial charge in [-0.05, 0) is 42.8 Å². The first-order valence-corrected chi connectivity index (χ1v) is 11.6. The van der Waals surface area contributed by atoms with Gasteiger partial charge in [0.1, 0.15) is 11.4 Å². The van der Waals surface area contributed by atoms with E-state index in [1.54, 1.807) is 18.2 Å². The average molecular weight is 510 g/mol. The second-order valence-corrected chi connectivity index (χ2v) is 10.6. The van der Waals surface area contributed by atoms with E-state index in [1.165, 1.54) is 24.4 Å². The summed E-state index contributed by atoms with van der Waals surface area (Å²) in [6.45, 7) is 0.250. The number of carboxylic acids is 1. The predicted molar refractivity (Wildman–Crippen MR) is 113 cm³/mol. The van der Waals surface area contributed by atoms with Crippen LogP contribution in [0.4, 0.5) is 0 Å². The van der Waals surface area contributed by atoms with Crippen molar-refractivity contribution in [2.45, 2.75) is 29.5 Å². The molecule has 0 spiro atoms. The van der Waals surface area contributed by atoms with Gasteiger partial charge in [0, 0.05) is 6.20 Å². The zero-order valence-corrected chi connectivity index (χ0v) is 21.6. The first-order chi connectivity index (χ1) is 16.0. The third-order valence-electron chi connectivity index (χ3n) is 5.92. The van der Waals surface area contributed by atoms with Gasteiger partial charge in [-0.1, -0.05) is 12.1 Å². The molecule has 1 aromatic carbocycles. The van der Waals surface area contributed by atoms with Crippen molar-refractivity contribution in [2.24, 2.45) is 0 Å². The van der Waals surface area contributed by atoms with Gasteiger partial charge in [-0.3, -0.25) is 14.6 Å². The van der Waals surface area contributed by atoms with Crippen LogP contribution < -0.4 is 34.7 Å². The van der Waals surface area contributed by atoms with Crippen LogP contribution in [0.15, 0.2) is 48.2 Å². The number of sulfone groups is 1. The number of esters is 1. The van der Waals surface area contributed by atoms with Crippen LogP contribution in [0.1, 0.15) is 18.2 Å². The van der Waals surface area contributed by atoms with Crippen LogP contribution >= 0.6 is 0 Å². The average Bonchev–Trinajstić information content (AvgIpc) is 2.95. The molecule has 1 unspecified atom stereocenters. The third kappa shape index (κ3) is 4.42. The summed E-state index contributed by atoms with van der Waals surface area (Å²) in [7, 11) is -4.37. The zero-order chi connectivity index (χ0) is 24.8. The number of aromatic nitrogens is 1. The van der Waals surface area contributed by atoms with Crippen molar-refractivity contribution in [1.82, 2.24) is 9.88 Å². The van der Waals surface area contributed by atoms with E-state index < -0.39 is 56.2 Å². The van der Waals surface area contributed by atoms with E-state index in [9.17, 15) is 38.1 Å². The molecule has 1 aromatic heterocycles. The Morgan fingerprint density at radius 2 is 1.94 bits per heavy atom. The summed E-state index contributed by atoms with van der Waals surface area (Å²) < 4.78 is 29.7. The second-order valence-electron chi connectivity index (χ2n) is 8.16. The van der Waals surface area contributed by atoms with E-state index >= 15 is 0 Å². The molecule has 2 N–H and O–H groups in total. The minimum absolute atomic E-state index is 0. The van der Waals surface area contributed by atoms with Crippen molar-refractivity contribution >= 4 is 33.8 Å². The van der Waals surface area contributed by atoms with Gasteiger partial charge in [-0.25, -0.2) is 8.42 Å². The standard InChI is InChI=1S/C22H20N2O9S.Na/c1-22(11-33-17(27)9-12-5-6-15(25)16(26)8-12)18(21(29)30)24-19(28)14(20(24)34(22,31)32)10-13-4-2-3-7-23-13;/h2-8,10,18,20,25-26H,9,11H2,1H3,(H,29,30);/q;+1/p-1/b14-10-;/t18-,20?,22-;/m0./s1. The van der Waals surface area contributed by atoms with Gasteiger partial charge >= 0.3 is 35.5 Å². The van der Waals surface area contributed by atoms with E-state index in [1.807, 2.05) is 0 Å². The molecule has 2 aromatic rings. The molecule has 2 aliphatic heterocycles. The minimum atomic E-state index is -4.37. The predicted octanol–water partition coefficient (Wildman–Crippen LogP) is -3.86. The van der Waals surface area contributed by atoms with Crippen LogP contribution in [0.25, 0.3) is 6.08 Å². The van der Waals surface area contributed by atoms with Crippen molar-refractivity contribution in [3.05, 3.63) is 59.4 Å². The van der Waals surface area contributed by atoms with Crippen molar-refractivity contribution in [2.75, 3.05) is 6.61 Å². The van der Waals surface area contributed by atoms with Crippen LogP contribution in [0.2, 0.25) is 0 Å². The monoisotopic (exact) mass is 510 g/mol. The Balaban J connectivity index is 0.00000342. The van der Waals surface area contributed by atoms with Crippen molar-refractivity contribution < 1.29 is 72.4 Å². The van der Waals surface area contributed by atoms with E-state index in [4.69, 9.17) is 4.74 Å². The van der Waals surface area contributed by atoms with Crippen LogP contribution in [0, 0.1) is 0 Å². The second kappa shape index (κ2) is 9.61. The molecule has 178 valence electrons. The fourth-order valence-electron chi connectivity index (χ4n) is 4.12. The van der Waals surface area contributed by atoms with Crippen LogP contribution in [-0.2, 0) is 35.4 Å². The Kier molecular flexibility index (Phi) is 7.32. The number of β-lactam (4-membered cyclic amide) rings is 1. The summed E-state index contributed by atoms with van der Waals surface area (Å²) >= 11 is 0. The summed E-state index contributed by atoms with van der Waals surface area (Å²) in [6, 6.07) is 6.62. The van der Waals surface area contributed by atoms with Crippen LogP contribution in [0.3, 0.4) is 0 Å². The number of fused-ring (bicyclic) bond motifs is 1. The fraction of sp³-hybridized carbons (Fsp3) is 0.273. The number of pyridine rings is 1. The van der Waals surface area contributed by atoms with E-state index in [0.717, 1.165) is 13.0 Å². The number of aliphatic carboxylic acids is 1. The number of nitrogens with zero attached hydrogens (tertiary/aromatic N) is 2. The number of ether oxygens (including phenoxy) is 1. The number of carboxylic acid groups (broad SMARTS) is 1. The van der Waals surface area contributed by atoms with Gasteiger partial charge in [0.25, 0.3) is 5.91 Å². The quantitative estimate of drug-likeness (QED) is 0.129. The molecule has 35 heavy (non-hydrogen) atoms. The van der Waals surface area contributed by atoms with Crippen LogP contribution in [-0.4, -0.2) is 69.1 Å². The Morgan fingerprint density at radius 3 is 2.54 bits per heavy atom. The topological polar surface area (TPSA) is 174 Å². The summed E-state index contributed by atoms with van der Waals surface area (Å²) in [5, 5.41) is 29.3. The van der Waals surface area contributed by atoms with Gasteiger partial charge in [0.2, 0.25) is 0 Å². The summed E-state index contributed by atoms with van der Waals surface area (Å²) in [4.78, 5) is 41.7. The number of aromatic hydroxyl groups is 2. The first-order valence-electron chi connectivity index (χ1n) is 10.0. The van der Waals surface area contributed by atoms with Gasteiger partial charge in [0.05, 0.1) is 29.7 Å². The smallest absolute Gasteiger partial charge is 0.548 e. The SMILES string of the molecule is C[C@]1(COC(=O)Cc2ccc(O)c(O)c2)[C@H](C(=O)[O-])N2C(=O)/C(=C/c3ccccn3)C2S1(=O)=O.[Na+]. The number of hydrogen-bond donors (Lipinski definition) is 2. The minimum Gasteiger partial charge on any atom is -0.548 e.